The van der Waals surface area contributed by atoms with E-state index >= 15 is 0 Å². The summed E-state index contributed by atoms with van der Waals surface area (Å²) in [7, 11) is -5.28. The molecule has 4 nitrogen and oxygen atoms in total. The van der Waals surface area contributed by atoms with Crippen molar-refractivity contribution in [1.29, 1.82) is 0 Å². The molecule has 0 saturated carbocycles. The van der Waals surface area contributed by atoms with E-state index in [2.05, 4.69) is 0 Å². The number of hydrogen-bond donors (Lipinski definition) is 1. The van der Waals surface area contributed by atoms with Gasteiger partial charge in [0, 0.05) is 24.8 Å². The molecule has 0 spiro atoms. The van der Waals surface area contributed by atoms with E-state index in [9.17, 15) is 21.6 Å². The van der Waals surface area contributed by atoms with E-state index in [1.54, 1.807) is 0 Å². The first-order valence-electron chi connectivity index (χ1n) is 6.14. The van der Waals surface area contributed by atoms with Crippen LogP contribution in [-0.4, -0.2) is 33.1 Å². The molecule has 1 aromatic rings. The van der Waals surface area contributed by atoms with E-state index in [0.717, 1.165) is 31.5 Å². The number of nitrogens with zero attached hydrogens (tertiary/aromatic N) is 1. The van der Waals surface area contributed by atoms with Crippen LogP contribution in [0.1, 0.15) is 12.8 Å². The summed E-state index contributed by atoms with van der Waals surface area (Å²) in [6.45, 7) is 1.38. The summed E-state index contributed by atoms with van der Waals surface area (Å²) in [6.07, 6.45) is 1.82. The number of piperidine rings is 1. The number of halogens is 3. The SMILES string of the molecule is NC1CCCN(c2ccc(S(=O)(=O)C(F)(F)F)cc2)C1. The normalized spacial score (nSPS) is 21.0. The molecule has 112 valence electrons. The Morgan fingerprint density at radius 2 is 1.80 bits per heavy atom. The van der Waals surface area contributed by atoms with Crippen molar-refractivity contribution in [2.24, 2.45) is 5.73 Å². The first-order valence-corrected chi connectivity index (χ1v) is 7.62. The maximum atomic E-state index is 12.4. The fourth-order valence-electron chi connectivity index (χ4n) is 2.21. The van der Waals surface area contributed by atoms with E-state index in [-0.39, 0.29) is 6.04 Å². The maximum Gasteiger partial charge on any atom is 0.501 e. The molecule has 20 heavy (non-hydrogen) atoms. The Morgan fingerprint density at radius 3 is 2.30 bits per heavy atom. The predicted octanol–water partition coefficient (Wildman–Crippen LogP) is 1.91. The molecule has 1 aliphatic heterocycles. The number of rotatable bonds is 2. The van der Waals surface area contributed by atoms with Crippen molar-refractivity contribution >= 4 is 15.5 Å². The minimum Gasteiger partial charge on any atom is -0.370 e. The highest BCUT2D eigenvalue weighted by molar-refractivity contribution is 7.92. The van der Waals surface area contributed by atoms with Crippen molar-refractivity contribution in [2.75, 3.05) is 18.0 Å². The molecule has 0 aromatic heterocycles. The van der Waals surface area contributed by atoms with Crippen LogP contribution in [0.15, 0.2) is 29.2 Å². The molecule has 0 amide bonds. The molecule has 1 saturated heterocycles. The second kappa shape index (κ2) is 5.25. The van der Waals surface area contributed by atoms with Crippen LogP contribution in [-0.2, 0) is 9.84 Å². The summed E-state index contributed by atoms with van der Waals surface area (Å²) in [5, 5.41) is 0. The third-order valence-electron chi connectivity index (χ3n) is 3.27. The topological polar surface area (TPSA) is 63.4 Å². The minimum absolute atomic E-state index is 0.0299. The molecule has 1 atom stereocenters. The second-order valence-corrected chi connectivity index (χ2v) is 6.73. The van der Waals surface area contributed by atoms with E-state index in [1.165, 1.54) is 12.1 Å². The van der Waals surface area contributed by atoms with Gasteiger partial charge in [-0.3, -0.25) is 0 Å². The molecule has 1 aliphatic rings. The fraction of sp³-hybridized carbons (Fsp3) is 0.500. The van der Waals surface area contributed by atoms with Crippen molar-refractivity contribution in [1.82, 2.24) is 0 Å². The monoisotopic (exact) mass is 308 g/mol. The molecule has 1 fully saturated rings. The molecular weight excluding hydrogens is 293 g/mol. The van der Waals surface area contributed by atoms with Crippen LogP contribution >= 0.6 is 0 Å². The van der Waals surface area contributed by atoms with Crippen molar-refractivity contribution in [2.45, 2.75) is 29.3 Å². The van der Waals surface area contributed by atoms with Crippen LogP contribution in [0.5, 0.6) is 0 Å². The zero-order valence-corrected chi connectivity index (χ0v) is 11.4. The van der Waals surface area contributed by atoms with Gasteiger partial charge in [-0.05, 0) is 37.1 Å². The number of hydrogen-bond acceptors (Lipinski definition) is 4. The van der Waals surface area contributed by atoms with Crippen molar-refractivity contribution in [3.8, 4) is 0 Å². The lowest BCUT2D eigenvalue weighted by molar-refractivity contribution is -0.0436. The molecule has 0 aliphatic carbocycles. The molecule has 1 aromatic carbocycles. The Hall–Kier alpha value is -1.28. The third kappa shape index (κ3) is 2.90. The standard InChI is InChI=1S/C12H15F3N2O2S/c13-12(14,15)20(18,19)11-5-3-10(4-6-11)17-7-1-2-9(16)8-17/h3-6,9H,1-2,7-8,16H2. The van der Waals surface area contributed by atoms with Crippen molar-refractivity contribution < 1.29 is 21.6 Å². The fourth-order valence-corrected chi connectivity index (χ4v) is 2.98. The van der Waals surface area contributed by atoms with Crippen molar-refractivity contribution in [3.63, 3.8) is 0 Å². The van der Waals surface area contributed by atoms with Gasteiger partial charge in [-0.2, -0.15) is 13.2 Å². The zero-order valence-electron chi connectivity index (χ0n) is 10.6. The van der Waals surface area contributed by atoms with Crippen LogP contribution in [0.3, 0.4) is 0 Å². The zero-order chi connectivity index (χ0) is 15.0. The van der Waals surface area contributed by atoms with Crippen LogP contribution in [0, 0.1) is 0 Å². The highest BCUT2D eigenvalue weighted by atomic mass is 32.2. The summed E-state index contributed by atoms with van der Waals surface area (Å²) < 4.78 is 59.7. The molecule has 8 heteroatoms. The van der Waals surface area contributed by atoms with Gasteiger partial charge in [0.25, 0.3) is 9.84 Å². The van der Waals surface area contributed by atoms with Crippen LogP contribution < -0.4 is 10.6 Å². The van der Waals surface area contributed by atoms with E-state index in [1.807, 2.05) is 4.90 Å². The van der Waals surface area contributed by atoms with Gasteiger partial charge in [-0.25, -0.2) is 8.42 Å². The summed E-state index contributed by atoms with van der Waals surface area (Å²) in [5.74, 6) is 0. The average Bonchev–Trinajstić information content (AvgIpc) is 2.37. The molecule has 1 unspecified atom stereocenters. The number of benzene rings is 1. The van der Waals surface area contributed by atoms with Gasteiger partial charge in [0.1, 0.15) is 0 Å². The Labute approximate surface area is 115 Å². The Morgan fingerprint density at radius 1 is 1.20 bits per heavy atom. The van der Waals surface area contributed by atoms with E-state index < -0.39 is 20.2 Å². The predicted molar refractivity (Wildman–Crippen MR) is 69.1 cm³/mol. The lowest BCUT2D eigenvalue weighted by atomic mass is 10.1. The smallest absolute Gasteiger partial charge is 0.370 e. The summed E-state index contributed by atoms with van der Waals surface area (Å²) in [6, 6.07) is 4.77. The summed E-state index contributed by atoms with van der Waals surface area (Å²) >= 11 is 0. The Balaban J connectivity index is 2.23. The number of sulfone groups is 1. The lowest BCUT2D eigenvalue weighted by Gasteiger charge is -2.32. The summed E-state index contributed by atoms with van der Waals surface area (Å²) in [4.78, 5) is 1.20. The first-order chi connectivity index (χ1) is 9.22. The van der Waals surface area contributed by atoms with Gasteiger partial charge in [-0.15, -0.1) is 0 Å². The first kappa shape index (κ1) is 15.1. The quantitative estimate of drug-likeness (QED) is 0.906. The van der Waals surface area contributed by atoms with Gasteiger partial charge in [0.2, 0.25) is 0 Å². The van der Waals surface area contributed by atoms with Gasteiger partial charge in [-0.1, -0.05) is 0 Å². The minimum atomic E-state index is -5.28. The Kier molecular flexibility index (Phi) is 3.97. The third-order valence-corrected chi connectivity index (χ3v) is 4.78. The highest BCUT2D eigenvalue weighted by Crippen LogP contribution is 2.31. The maximum absolute atomic E-state index is 12.4. The molecule has 0 bridgehead atoms. The molecule has 2 N–H and O–H groups in total. The number of nitrogens with two attached hydrogens (primary N) is 1. The average molecular weight is 308 g/mol. The van der Waals surface area contributed by atoms with Gasteiger partial charge < -0.3 is 10.6 Å². The second-order valence-electron chi connectivity index (χ2n) is 4.79. The van der Waals surface area contributed by atoms with Crippen LogP contribution in [0.4, 0.5) is 18.9 Å². The van der Waals surface area contributed by atoms with Gasteiger partial charge >= 0.3 is 5.51 Å². The Bertz CT molecular complexity index is 569. The van der Waals surface area contributed by atoms with E-state index in [0.29, 0.717) is 12.2 Å². The van der Waals surface area contributed by atoms with Crippen LogP contribution in [0.25, 0.3) is 0 Å². The number of anilines is 1. The molecular formula is C12H15F3N2O2S. The lowest BCUT2D eigenvalue weighted by Crippen LogP contribution is -2.42. The molecule has 1 heterocycles. The molecule has 0 radical (unpaired) electrons. The highest BCUT2D eigenvalue weighted by Gasteiger charge is 2.46. The largest absolute Gasteiger partial charge is 0.501 e. The van der Waals surface area contributed by atoms with Gasteiger partial charge in [0.15, 0.2) is 0 Å². The summed E-state index contributed by atoms with van der Waals surface area (Å²) in [5.41, 5.74) is 1.24. The molecule has 2 rings (SSSR count). The van der Waals surface area contributed by atoms with Crippen LogP contribution in [0.2, 0.25) is 0 Å². The van der Waals surface area contributed by atoms with Crippen molar-refractivity contribution in [3.05, 3.63) is 24.3 Å². The number of alkyl halides is 3. The van der Waals surface area contributed by atoms with Gasteiger partial charge in [0.05, 0.1) is 4.90 Å². The van der Waals surface area contributed by atoms with E-state index in [4.69, 9.17) is 5.73 Å².